The van der Waals surface area contributed by atoms with Crippen LogP contribution in [0.5, 0.6) is 0 Å². The average Bonchev–Trinajstić information content (AvgIpc) is 3.17. The molecule has 0 fully saturated rings. The highest BCUT2D eigenvalue weighted by molar-refractivity contribution is 7.89. The summed E-state index contributed by atoms with van der Waals surface area (Å²) in [4.78, 5) is -1.31. The second-order valence-electron chi connectivity index (χ2n) is 5.05. The number of sulfonamides is 1. The van der Waals surface area contributed by atoms with Crippen LogP contribution in [0.4, 0.5) is 13.2 Å². The minimum atomic E-state index is -5.09. The third-order valence-corrected chi connectivity index (χ3v) is 3.96. The summed E-state index contributed by atoms with van der Waals surface area (Å²) in [5.41, 5.74) is -2.81. The van der Waals surface area contributed by atoms with Crippen molar-refractivity contribution >= 4 is 10.0 Å². The van der Waals surface area contributed by atoms with E-state index in [0.717, 1.165) is 12.1 Å². The first-order chi connectivity index (χ1) is 15.9. The molecule has 0 saturated heterocycles. The molecule has 0 amide bonds. The molecule has 136 valence electrons. The predicted octanol–water partition coefficient (Wildman–Crippen LogP) is 3.51. The number of rotatable bonds is 4. The van der Waals surface area contributed by atoms with Gasteiger partial charge in [0.05, 0.1) is 21.8 Å². The number of aromatic nitrogens is 2. The summed E-state index contributed by atoms with van der Waals surface area (Å²) in [7, 11) is -5.09. The molecule has 3 rings (SSSR count). The summed E-state index contributed by atoms with van der Waals surface area (Å²) in [6.45, 7) is -2.50. The molecule has 2 aromatic carbocycles. The minimum absolute atomic E-state index is 0.0157. The van der Waals surface area contributed by atoms with E-state index in [4.69, 9.17) is 12.4 Å². The molecule has 1 heterocycles. The maximum absolute atomic E-state index is 13.5. The molecule has 0 radical (unpaired) electrons. The number of hydrogen-bond acceptors (Lipinski definition) is 3. The number of alkyl halides is 3. The van der Waals surface area contributed by atoms with E-state index in [1.807, 2.05) is 0 Å². The van der Waals surface area contributed by atoms with Crippen molar-refractivity contribution in [3.8, 4) is 16.9 Å². The van der Waals surface area contributed by atoms with E-state index in [0.29, 0.717) is 10.7 Å². The van der Waals surface area contributed by atoms with Crippen molar-refractivity contribution in [1.82, 2.24) is 9.78 Å². The van der Waals surface area contributed by atoms with E-state index in [-0.39, 0.29) is 16.8 Å². The number of nitrogens with zero attached hydrogens (tertiary/aromatic N) is 2. The molecule has 0 aliphatic carbocycles. The molecule has 0 aliphatic heterocycles. The van der Waals surface area contributed by atoms with Crippen LogP contribution in [0, 0.1) is 6.85 Å². The highest BCUT2D eigenvalue weighted by Crippen LogP contribution is 2.33. The van der Waals surface area contributed by atoms with Crippen molar-refractivity contribution in [2.45, 2.75) is 17.9 Å². The lowest BCUT2D eigenvalue weighted by atomic mass is 10.1. The lowest BCUT2D eigenvalue weighted by Crippen LogP contribution is -2.12. The van der Waals surface area contributed by atoms with Crippen LogP contribution in [-0.2, 0) is 16.2 Å². The van der Waals surface area contributed by atoms with E-state index < -0.39 is 68.6 Å². The van der Waals surface area contributed by atoms with Crippen LogP contribution in [0.1, 0.15) is 20.9 Å². The van der Waals surface area contributed by atoms with Crippen LogP contribution in [0.3, 0.4) is 0 Å². The standard InChI is InChI=1S/C17H14F3N3O2S/c1-11-2-4-12(5-3-11)15-10-16(17(18,19)20)22-23(15)13-6-8-14(9-7-13)26(21,24)25/h2-10H,1H3,(H2,21,24,25)/i1D3,6D,7D,8D,9D/hD2. The van der Waals surface area contributed by atoms with Gasteiger partial charge in [-0.15, -0.1) is 0 Å². The first-order valence-corrected chi connectivity index (χ1v) is 8.25. The third-order valence-electron chi connectivity index (χ3n) is 3.24. The Bertz CT molecular complexity index is 1370. The predicted molar refractivity (Wildman–Crippen MR) is 90.1 cm³/mol. The largest absolute Gasteiger partial charge is 0.435 e. The van der Waals surface area contributed by atoms with Gasteiger partial charge in [0.2, 0.25) is 10.0 Å². The topological polar surface area (TPSA) is 78.0 Å². The quantitative estimate of drug-likeness (QED) is 0.740. The Morgan fingerprint density at radius 3 is 2.38 bits per heavy atom. The van der Waals surface area contributed by atoms with Crippen LogP contribution < -0.4 is 5.13 Å². The molecule has 0 atom stereocenters. The zero-order valence-corrected chi connectivity index (χ0v) is 13.4. The molecule has 0 unspecified atom stereocenters. The molecular formula is C17H14F3N3O2S. The lowest BCUT2D eigenvalue weighted by molar-refractivity contribution is -0.141. The third kappa shape index (κ3) is 3.63. The summed E-state index contributed by atoms with van der Waals surface area (Å²) >= 11 is 0. The second-order valence-corrected chi connectivity index (χ2v) is 6.41. The van der Waals surface area contributed by atoms with Crippen LogP contribution in [0.15, 0.2) is 59.4 Å². The Balaban J connectivity index is 2.36. The number of hydrogen-bond donors (Lipinski definition) is 1. The van der Waals surface area contributed by atoms with Crippen molar-refractivity contribution in [3.63, 3.8) is 0 Å². The first-order valence-electron chi connectivity index (χ1n) is 11.2. The molecule has 9 heteroatoms. The smallest absolute Gasteiger partial charge is 0.233 e. The Kier molecular flexibility index (Phi) is 2.38. The van der Waals surface area contributed by atoms with Crippen molar-refractivity contribution in [2.75, 3.05) is 0 Å². The second kappa shape index (κ2) is 6.26. The van der Waals surface area contributed by atoms with Gasteiger partial charge in [-0.3, -0.25) is 0 Å². The van der Waals surface area contributed by atoms with E-state index in [1.165, 1.54) is 12.1 Å². The minimum Gasteiger partial charge on any atom is -0.233 e. The van der Waals surface area contributed by atoms with E-state index >= 15 is 0 Å². The van der Waals surface area contributed by atoms with Gasteiger partial charge < -0.3 is 0 Å². The van der Waals surface area contributed by atoms with Gasteiger partial charge in [-0.25, -0.2) is 18.2 Å². The molecular weight excluding hydrogens is 367 g/mol. The normalized spacial score (nSPS) is 17.9. The highest BCUT2D eigenvalue weighted by atomic mass is 32.2. The Morgan fingerprint density at radius 1 is 1.19 bits per heavy atom. The van der Waals surface area contributed by atoms with Gasteiger partial charge in [0.1, 0.15) is 2.82 Å². The lowest BCUT2D eigenvalue weighted by Gasteiger charge is -2.09. The molecule has 3 aromatic rings. The highest BCUT2D eigenvalue weighted by Gasteiger charge is 2.35. The van der Waals surface area contributed by atoms with Gasteiger partial charge >= 0.3 is 6.18 Å². The van der Waals surface area contributed by atoms with Gasteiger partial charge in [-0.2, -0.15) is 18.3 Å². The Labute approximate surface area is 160 Å². The number of halogens is 3. The van der Waals surface area contributed by atoms with Crippen molar-refractivity contribution < 1.29 is 34.0 Å². The molecule has 0 bridgehead atoms. The molecule has 2 N–H and O–H groups in total. The zero-order chi connectivity index (χ0) is 26.7. The fourth-order valence-electron chi connectivity index (χ4n) is 2.07. The number of benzene rings is 2. The summed E-state index contributed by atoms with van der Waals surface area (Å²) in [5, 5.41) is 2.56. The fourth-order valence-corrected chi connectivity index (χ4v) is 2.43. The van der Waals surface area contributed by atoms with Crippen LogP contribution in [0.2, 0.25) is 2.82 Å². The zero-order valence-electron chi connectivity index (χ0n) is 21.6. The van der Waals surface area contributed by atoms with Gasteiger partial charge in [0, 0.05) is 9.68 Å². The van der Waals surface area contributed by atoms with Gasteiger partial charge in [-0.05, 0) is 37.1 Å². The average molecular weight is 390 g/mol. The van der Waals surface area contributed by atoms with Gasteiger partial charge in [0.15, 0.2) is 5.69 Å². The van der Waals surface area contributed by atoms with E-state index in [9.17, 15) is 21.6 Å². The van der Waals surface area contributed by atoms with Crippen molar-refractivity contribution in [2.24, 2.45) is 5.13 Å². The summed E-state index contributed by atoms with van der Waals surface area (Å²) in [5.74, 6) is 0. The molecule has 0 aliphatic rings. The SMILES string of the molecule is [2H]c1c([2H])c(S(=O)(=O)N([2H])[2H])c([2H])c([2H])c1-n1nc(C(F)(F)F)cc1-c1ccc(C([2H])([2H])[2H])cc1. The van der Waals surface area contributed by atoms with Crippen molar-refractivity contribution in [3.05, 3.63) is 65.8 Å². The molecule has 0 saturated carbocycles. The summed E-state index contributed by atoms with van der Waals surface area (Å²) < 4.78 is 134. The van der Waals surface area contributed by atoms with Gasteiger partial charge in [-0.1, -0.05) is 29.8 Å². The van der Waals surface area contributed by atoms with E-state index in [1.54, 1.807) is 0 Å². The van der Waals surface area contributed by atoms with Crippen LogP contribution in [0.25, 0.3) is 16.9 Å². The molecule has 0 spiro atoms. The van der Waals surface area contributed by atoms with E-state index in [2.05, 4.69) is 5.10 Å². The summed E-state index contributed by atoms with van der Waals surface area (Å²) in [6.07, 6.45) is -4.99. The Morgan fingerprint density at radius 2 is 1.85 bits per heavy atom. The summed E-state index contributed by atoms with van der Waals surface area (Å²) in [6, 6.07) is 0.523. The molecule has 5 nitrogen and oxygen atoms in total. The first kappa shape index (κ1) is 9.89. The van der Waals surface area contributed by atoms with Gasteiger partial charge in [0.25, 0.3) is 0 Å². The fraction of sp³-hybridized carbons (Fsp3) is 0.118. The Hall–Kier alpha value is -2.65. The monoisotopic (exact) mass is 390 g/mol. The molecule has 26 heavy (non-hydrogen) atoms. The number of aryl methyl sites for hydroxylation is 1. The molecule has 1 aromatic heterocycles. The maximum Gasteiger partial charge on any atom is 0.435 e. The number of nitrogens with two attached hydrogens (primary N) is 1. The van der Waals surface area contributed by atoms with Crippen LogP contribution in [-0.4, -0.2) is 18.2 Å². The maximum atomic E-state index is 13.5. The van der Waals surface area contributed by atoms with Crippen LogP contribution >= 0.6 is 0 Å². The number of primary sulfonamides is 1. The van der Waals surface area contributed by atoms with Crippen molar-refractivity contribution in [1.29, 1.82) is 0 Å².